The van der Waals surface area contributed by atoms with Crippen molar-refractivity contribution in [1.82, 2.24) is 9.21 Å². The van der Waals surface area contributed by atoms with Crippen LogP contribution >= 0.6 is 0 Å². The van der Waals surface area contributed by atoms with Gasteiger partial charge in [0.1, 0.15) is 5.75 Å². The summed E-state index contributed by atoms with van der Waals surface area (Å²) in [7, 11) is -1.95. The molecule has 3 fully saturated rings. The molecule has 1 amide bonds. The molecule has 2 aromatic rings. The van der Waals surface area contributed by atoms with Crippen LogP contribution in [0.3, 0.4) is 0 Å². The van der Waals surface area contributed by atoms with Gasteiger partial charge in [-0.25, -0.2) is 8.42 Å². The van der Waals surface area contributed by atoms with Crippen molar-refractivity contribution in [2.24, 2.45) is 5.41 Å². The van der Waals surface area contributed by atoms with Crippen molar-refractivity contribution in [2.75, 3.05) is 33.3 Å². The highest BCUT2D eigenvalue weighted by Gasteiger charge is 2.53. The maximum absolute atomic E-state index is 13.6. The predicted molar refractivity (Wildman–Crippen MR) is 127 cm³/mol. The highest BCUT2D eigenvalue weighted by atomic mass is 32.2. The van der Waals surface area contributed by atoms with Gasteiger partial charge in [0.15, 0.2) is 0 Å². The van der Waals surface area contributed by atoms with Gasteiger partial charge >= 0.3 is 0 Å². The minimum absolute atomic E-state index is 0.0536. The van der Waals surface area contributed by atoms with E-state index in [1.54, 1.807) is 35.7 Å². The van der Waals surface area contributed by atoms with Gasteiger partial charge in [0.2, 0.25) is 15.9 Å². The molecule has 5 rings (SSSR count). The minimum Gasteiger partial charge on any atom is -0.497 e. The molecule has 0 unspecified atom stereocenters. The predicted octanol–water partition coefficient (Wildman–Crippen LogP) is 3.82. The zero-order valence-electron chi connectivity index (χ0n) is 19.2. The number of hydrogen-bond donors (Lipinski definition) is 0. The molecular weight excluding hydrogens is 436 g/mol. The SMILES string of the molecule is COc1ccc(S(=O)(=O)N2CCC3(CC2)CN(C(=O)C2(c4ccccc4)CCCC2)C3)cc1. The Morgan fingerprint density at radius 1 is 0.879 bits per heavy atom. The molecular formula is C26H32N2O4S. The zero-order chi connectivity index (χ0) is 23.1. The molecule has 1 aliphatic carbocycles. The van der Waals surface area contributed by atoms with E-state index < -0.39 is 10.0 Å². The van der Waals surface area contributed by atoms with E-state index in [2.05, 4.69) is 12.1 Å². The van der Waals surface area contributed by atoms with Crippen LogP contribution in [0, 0.1) is 5.41 Å². The summed E-state index contributed by atoms with van der Waals surface area (Å²) < 4.78 is 32.9. The summed E-state index contributed by atoms with van der Waals surface area (Å²) in [6, 6.07) is 16.8. The van der Waals surface area contributed by atoms with Crippen LogP contribution in [-0.2, 0) is 20.2 Å². The first-order valence-corrected chi connectivity index (χ1v) is 13.3. The van der Waals surface area contributed by atoms with Gasteiger partial charge in [-0.15, -0.1) is 0 Å². The molecule has 2 saturated heterocycles. The van der Waals surface area contributed by atoms with Crippen LogP contribution < -0.4 is 4.74 Å². The number of rotatable bonds is 5. The normalized spacial score (nSPS) is 22.2. The van der Waals surface area contributed by atoms with Gasteiger partial charge in [-0.05, 0) is 55.5 Å². The van der Waals surface area contributed by atoms with Crippen LogP contribution in [0.1, 0.15) is 44.1 Å². The molecule has 1 spiro atoms. The average Bonchev–Trinajstić information content (AvgIpc) is 3.34. The average molecular weight is 469 g/mol. The molecule has 0 aromatic heterocycles. The van der Waals surface area contributed by atoms with Gasteiger partial charge in [0.25, 0.3) is 0 Å². The van der Waals surface area contributed by atoms with Crippen LogP contribution in [-0.4, -0.2) is 56.8 Å². The summed E-state index contributed by atoms with van der Waals surface area (Å²) in [6.45, 7) is 2.49. The second kappa shape index (κ2) is 8.44. The minimum atomic E-state index is -3.51. The van der Waals surface area contributed by atoms with E-state index in [1.807, 2.05) is 23.1 Å². The number of benzene rings is 2. The van der Waals surface area contributed by atoms with Gasteiger partial charge < -0.3 is 9.64 Å². The van der Waals surface area contributed by atoms with E-state index in [4.69, 9.17) is 4.74 Å². The topological polar surface area (TPSA) is 66.9 Å². The van der Waals surface area contributed by atoms with Crippen LogP contribution in [0.4, 0.5) is 0 Å². The van der Waals surface area contributed by atoms with Crippen molar-refractivity contribution in [3.63, 3.8) is 0 Å². The summed E-state index contributed by atoms with van der Waals surface area (Å²) in [4.78, 5) is 16.0. The summed E-state index contributed by atoms with van der Waals surface area (Å²) in [5, 5.41) is 0. The monoisotopic (exact) mass is 468 g/mol. The lowest BCUT2D eigenvalue weighted by Gasteiger charge is -2.55. The van der Waals surface area contributed by atoms with Gasteiger partial charge in [-0.2, -0.15) is 4.31 Å². The highest BCUT2D eigenvalue weighted by molar-refractivity contribution is 7.89. The highest BCUT2D eigenvalue weighted by Crippen LogP contribution is 2.47. The number of amides is 1. The second-order valence-electron chi connectivity index (χ2n) is 9.90. The number of carbonyl (C=O) groups excluding carboxylic acids is 1. The number of piperidine rings is 1. The smallest absolute Gasteiger partial charge is 0.243 e. The summed E-state index contributed by atoms with van der Waals surface area (Å²) in [5.41, 5.74) is 0.827. The van der Waals surface area contributed by atoms with Crippen LogP contribution in [0.2, 0.25) is 0 Å². The summed E-state index contributed by atoms with van der Waals surface area (Å²) in [5.74, 6) is 0.909. The van der Waals surface area contributed by atoms with Crippen LogP contribution in [0.5, 0.6) is 5.75 Å². The number of sulfonamides is 1. The van der Waals surface area contributed by atoms with E-state index >= 15 is 0 Å². The van der Waals surface area contributed by atoms with E-state index in [1.165, 1.54) is 0 Å². The Morgan fingerprint density at radius 3 is 2.06 bits per heavy atom. The number of likely N-dealkylation sites (tertiary alicyclic amines) is 1. The molecule has 0 radical (unpaired) electrons. The first-order valence-electron chi connectivity index (χ1n) is 11.9. The number of nitrogens with zero attached hydrogens (tertiary/aromatic N) is 2. The maximum Gasteiger partial charge on any atom is 0.243 e. The molecule has 0 atom stereocenters. The Labute approximate surface area is 196 Å². The number of carbonyl (C=O) groups is 1. The first-order chi connectivity index (χ1) is 15.9. The molecule has 3 aliphatic rings. The molecule has 7 heteroatoms. The van der Waals surface area contributed by atoms with Crippen LogP contribution in [0.25, 0.3) is 0 Å². The van der Waals surface area contributed by atoms with Crippen molar-refractivity contribution < 1.29 is 17.9 Å². The molecule has 6 nitrogen and oxygen atoms in total. The summed E-state index contributed by atoms with van der Waals surface area (Å²) >= 11 is 0. The number of ether oxygens (including phenoxy) is 1. The van der Waals surface area contributed by atoms with Gasteiger partial charge in [0, 0.05) is 31.6 Å². The zero-order valence-corrected chi connectivity index (χ0v) is 20.0. The van der Waals surface area contributed by atoms with Gasteiger partial charge in [0.05, 0.1) is 17.4 Å². The quantitative estimate of drug-likeness (QED) is 0.669. The van der Waals surface area contributed by atoms with Crippen molar-refractivity contribution in [3.8, 4) is 5.75 Å². The fourth-order valence-electron chi connectivity index (χ4n) is 5.99. The Kier molecular flexibility index (Phi) is 5.73. The lowest BCUT2D eigenvalue weighted by molar-refractivity contribution is -0.152. The third kappa shape index (κ3) is 3.85. The third-order valence-corrected chi connectivity index (χ3v) is 9.93. The van der Waals surface area contributed by atoms with Gasteiger partial charge in [-0.3, -0.25) is 4.79 Å². The lowest BCUT2D eigenvalue weighted by Crippen LogP contribution is -2.64. The van der Waals surface area contributed by atoms with Crippen LogP contribution in [0.15, 0.2) is 59.5 Å². The Morgan fingerprint density at radius 2 is 1.48 bits per heavy atom. The van der Waals surface area contributed by atoms with E-state index in [9.17, 15) is 13.2 Å². The Hall–Kier alpha value is -2.38. The largest absolute Gasteiger partial charge is 0.497 e. The third-order valence-electron chi connectivity index (χ3n) is 8.01. The van der Waals surface area contributed by atoms with Gasteiger partial charge in [-0.1, -0.05) is 43.2 Å². The van der Waals surface area contributed by atoms with E-state index in [0.29, 0.717) is 23.7 Å². The lowest BCUT2D eigenvalue weighted by atomic mass is 9.69. The van der Waals surface area contributed by atoms with Crippen molar-refractivity contribution >= 4 is 15.9 Å². The standard InChI is InChI=1S/C26H32N2O4S/c1-32-22-9-11-23(12-10-22)33(30,31)28-17-15-25(16-18-28)19-27(20-25)24(29)26(13-5-6-14-26)21-7-3-2-4-8-21/h2-4,7-12H,5-6,13-20H2,1H3. The fourth-order valence-corrected chi connectivity index (χ4v) is 7.43. The first kappa shape index (κ1) is 22.4. The molecule has 0 bridgehead atoms. The Balaban J connectivity index is 1.23. The molecule has 2 aliphatic heterocycles. The molecule has 1 saturated carbocycles. The second-order valence-corrected chi connectivity index (χ2v) is 11.8. The summed E-state index contributed by atoms with van der Waals surface area (Å²) in [6.07, 6.45) is 5.63. The molecule has 2 heterocycles. The molecule has 0 N–H and O–H groups in total. The Bertz CT molecular complexity index is 1090. The molecule has 176 valence electrons. The maximum atomic E-state index is 13.6. The number of hydrogen-bond acceptors (Lipinski definition) is 4. The van der Waals surface area contributed by atoms with E-state index in [-0.39, 0.29) is 16.7 Å². The van der Waals surface area contributed by atoms with E-state index in [0.717, 1.165) is 57.2 Å². The van der Waals surface area contributed by atoms with Crippen molar-refractivity contribution in [2.45, 2.75) is 48.8 Å². The molecule has 33 heavy (non-hydrogen) atoms. The van der Waals surface area contributed by atoms with Crippen molar-refractivity contribution in [1.29, 1.82) is 0 Å². The fraction of sp³-hybridized carbons (Fsp3) is 0.500. The molecule has 2 aromatic carbocycles. The van der Waals surface area contributed by atoms with Crippen molar-refractivity contribution in [3.05, 3.63) is 60.2 Å². The number of methoxy groups -OCH3 is 1.